The summed E-state index contributed by atoms with van der Waals surface area (Å²) in [6.07, 6.45) is 3.95. The molecule has 0 fully saturated rings. The first kappa shape index (κ1) is 19.8. The summed E-state index contributed by atoms with van der Waals surface area (Å²) < 4.78 is 66.1. The summed E-state index contributed by atoms with van der Waals surface area (Å²) in [6.45, 7) is 0. The van der Waals surface area contributed by atoms with Crippen molar-refractivity contribution in [2.75, 3.05) is 0 Å². The zero-order valence-corrected chi connectivity index (χ0v) is 15.7. The van der Waals surface area contributed by atoms with Crippen LogP contribution in [0.15, 0.2) is 64.5 Å². The summed E-state index contributed by atoms with van der Waals surface area (Å²) in [4.78, 5) is -0.758. The molecule has 28 heavy (non-hydrogen) atoms. The lowest BCUT2D eigenvalue weighted by Gasteiger charge is -2.09. The maximum atomic E-state index is 12.0. The number of hydrogen-bond donors (Lipinski definition) is 2. The van der Waals surface area contributed by atoms with Gasteiger partial charge in [-0.15, -0.1) is 10.2 Å². The fraction of sp³-hybridized carbons (Fsp3) is 0. The highest BCUT2D eigenvalue weighted by Gasteiger charge is 2.21. The molecular weight excluding hydrogens is 406 g/mol. The van der Waals surface area contributed by atoms with Crippen LogP contribution in [0.25, 0.3) is 23.4 Å². The number of rotatable bonds is 5. The van der Waals surface area contributed by atoms with Crippen LogP contribution in [-0.2, 0) is 20.2 Å². The molecule has 11 heteroatoms. The Morgan fingerprint density at radius 2 is 1.46 bits per heavy atom. The Morgan fingerprint density at radius 1 is 0.786 bits per heavy atom. The van der Waals surface area contributed by atoms with Gasteiger partial charge in [-0.05, 0) is 28.5 Å². The van der Waals surface area contributed by atoms with Gasteiger partial charge in [0, 0.05) is 5.56 Å². The van der Waals surface area contributed by atoms with Crippen LogP contribution in [0.5, 0.6) is 0 Å². The van der Waals surface area contributed by atoms with Crippen molar-refractivity contribution in [3.8, 4) is 11.3 Å². The third-order valence-corrected chi connectivity index (χ3v) is 5.62. The van der Waals surface area contributed by atoms with Crippen molar-refractivity contribution in [3.05, 3.63) is 65.9 Å². The van der Waals surface area contributed by atoms with Gasteiger partial charge in [-0.3, -0.25) is 9.11 Å². The number of hydrogen-bond acceptors (Lipinski definition) is 7. The van der Waals surface area contributed by atoms with Crippen LogP contribution >= 0.6 is 0 Å². The topological polar surface area (TPSA) is 147 Å². The molecule has 0 saturated carbocycles. The van der Waals surface area contributed by atoms with Gasteiger partial charge in [-0.25, -0.2) is 0 Å². The molecule has 3 rings (SSSR count). The van der Waals surface area contributed by atoms with Gasteiger partial charge in [0.25, 0.3) is 20.2 Å². The van der Waals surface area contributed by atoms with E-state index in [2.05, 4.69) is 15.4 Å². The minimum atomic E-state index is -4.66. The molecule has 0 aliphatic carbocycles. The molecule has 0 spiro atoms. The molecule has 0 aliphatic rings. The van der Waals surface area contributed by atoms with Crippen molar-refractivity contribution in [1.82, 2.24) is 15.4 Å². The van der Waals surface area contributed by atoms with Crippen LogP contribution in [0.4, 0.5) is 0 Å². The first-order chi connectivity index (χ1) is 13.2. The third kappa shape index (κ3) is 4.28. The first-order valence-electron chi connectivity index (χ1n) is 7.68. The fourth-order valence-corrected chi connectivity index (χ4v) is 4.16. The quantitative estimate of drug-likeness (QED) is 0.469. The molecule has 0 amide bonds. The Morgan fingerprint density at radius 3 is 2.11 bits per heavy atom. The molecule has 1 heterocycles. The van der Waals surface area contributed by atoms with E-state index in [-0.39, 0.29) is 27.3 Å². The molecule has 0 aliphatic heterocycles. The standard InChI is InChI=1S/C17H13N3O6S2/c21-27(22,23)16-7-2-1-4-12(16)8-9-13-5-3-6-14(17(13)28(24,25)26)15-10-11-18-20-19-15/h1-11H,(H,21,22,23)(H,24,25,26)/b9-8+. The minimum Gasteiger partial charge on any atom is -0.282 e. The Balaban J connectivity index is 2.19. The van der Waals surface area contributed by atoms with Crippen molar-refractivity contribution in [1.29, 1.82) is 0 Å². The van der Waals surface area contributed by atoms with Crippen molar-refractivity contribution in [2.24, 2.45) is 0 Å². The Hall–Kier alpha value is -2.99. The number of nitrogens with zero attached hydrogens (tertiary/aromatic N) is 3. The van der Waals surface area contributed by atoms with Crippen LogP contribution in [0, 0.1) is 0 Å². The highest BCUT2D eigenvalue weighted by atomic mass is 32.2. The Kier molecular flexibility index (Phi) is 5.34. The van der Waals surface area contributed by atoms with Crippen molar-refractivity contribution < 1.29 is 25.9 Å². The predicted molar refractivity (Wildman–Crippen MR) is 100 cm³/mol. The van der Waals surface area contributed by atoms with Gasteiger partial charge in [0.2, 0.25) is 0 Å². The number of aromatic nitrogens is 3. The molecule has 2 aromatic carbocycles. The molecule has 2 N–H and O–H groups in total. The largest absolute Gasteiger partial charge is 0.295 e. The van der Waals surface area contributed by atoms with E-state index in [0.717, 1.165) is 0 Å². The average molecular weight is 419 g/mol. The van der Waals surface area contributed by atoms with Gasteiger partial charge in [0.1, 0.15) is 9.79 Å². The van der Waals surface area contributed by atoms with Gasteiger partial charge in [0.15, 0.2) is 0 Å². The zero-order chi connectivity index (χ0) is 20.4. The summed E-state index contributed by atoms with van der Waals surface area (Å²) in [5, 5.41) is 10.7. The lowest BCUT2D eigenvalue weighted by Crippen LogP contribution is -2.05. The second-order valence-electron chi connectivity index (χ2n) is 5.55. The van der Waals surface area contributed by atoms with Gasteiger partial charge in [0.05, 0.1) is 11.9 Å². The summed E-state index contributed by atoms with van der Waals surface area (Å²) in [5.74, 6) is 0. The normalized spacial score (nSPS) is 12.4. The van der Waals surface area contributed by atoms with Gasteiger partial charge in [-0.1, -0.05) is 48.6 Å². The first-order valence-corrected chi connectivity index (χ1v) is 10.6. The van der Waals surface area contributed by atoms with Crippen molar-refractivity contribution >= 4 is 32.4 Å². The molecule has 3 aromatic rings. The van der Waals surface area contributed by atoms with Crippen LogP contribution < -0.4 is 0 Å². The monoisotopic (exact) mass is 419 g/mol. The van der Waals surface area contributed by atoms with Gasteiger partial charge < -0.3 is 0 Å². The molecule has 1 aromatic heterocycles. The smallest absolute Gasteiger partial charge is 0.282 e. The molecule has 144 valence electrons. The van der Waals surface area contributed by atoms with Crippen LogP contribution in [-0.4, -0.2) is 41.4 Å². The lowest BCUT2D eigenvalue weighted by molar-refractivity contribution is 0.480. The van der Waals surface area contributed by atoms with Crippen LogP contribution in [0.2, 0.25) is 0 Å². The SMILES string of the molecule is O=S(=O)(O)c1ccccc1/C=C/c1cccc(-c2ccnnn2)c1S(=O)(=O)O. The highest BCUT2D eigenvalue weighted by molar-refractivity contribution is 7.86. The van der Waals surface area contributed by atoms with Gasteiger partial charge >= 0.3 is 0 Å². The predicted octanol–water partition coefficient (Wildman–Crippen LogP) is 2.20. The highest BCUT2D eigenvalue weighted by Crippen LogP contribution is 2.30. The zero-order valence-electron chi connectivity index (χ0n) is 14.0. The average Bonchev–Trinajstić information content (AvgIpc) is 2.65. The summed E-state index contributed by atoms with van der Waals surface area (Å²) >= 11 is 0. The summed E-state index contributed by atoms with van der Waals surface area (Å²) in [5.41, 5.74) is 0.503. The van der Waals surface area contributed by atoms with Crippen molar-refractivity contribution in [3.63, 3.8) is 0 Å². The van der Waals surface area contributed by atoms with E-state index in [1.165, 1.54) is 54.7 Å². The molecule has 0 unspecified atom stereocenters. The fourth-order valence-electron chi connectivity index (χ4n) is 2.59. The molecule has 0 saturated heterocycles. The van der Waals surface area contributed by atoms with E-state index in [1.807, 2.05) is 0 Å². The summed E-state index contributed by atoms with van der Waals surface area (Å²) in [6, 6.07) is 11.5. The van der Waals surface area contributed by atoms with Crippen LogP contribution in [0.1, 0.15) is 11.1 Å². The van der Waals surface area contributed by atoms with E-state index in [0.29, 0.717) is 0 Å². The Labute approximate surface area is 160 Å². The molecule has 0 radical (unpaired) electrons. The molecule has 9 nitrogen and oxygen atoms in total. The van der Waals surface area contributed by atoms with Crippen LogP contribution in [0.3, 0.4) is 0 Å². The third-order valence-electron chi connectivity index (χ3n) is 3.72. The second kappa shape index (κ2) is 7.56. The van der Waals surface area contributed by atoms with Gasteiger partial charge in [-0.2, -0.15) is 16.8 Å². The van der Waals surface area contributed by atoms with E-state index >= 15 is 0 Å². The second-order valence-corrected chi connectivity index (χ2v) is 8.30. The minimum absolute atomic E-state index is 0.0868. The maximum absolute atomic E-state index is 12.0. The molecule has 0 atom stereocenters. The van der Waals surface area contributed by atoms with Crippen molar-refractivity contribution in [2.45, 2.75) is 9.79 Å². The van der Waals surface area contributed by atoms with E-state index in [4.69, 9.17) is 0 Å². The van der Waals surface area contributed by atoms with E-state index < -0.39 is 25.1 Å². The van der Waals surface area contributed by atoms with E-state index in [1.54, 1.807) is 12.1 Å². The lowest BCUT2D eigenvalue weighted by atomic mass is 10.1. The maximum Gasteiger partial charge on any atom is 0.295 e. The summed E-state index contributed by atoms with van der Waals surface area (Å²) in [7, 11) is -9.13. The molecule has 0 bridgehead atoms. The number of benzene rings is 2. The molecular formula is C17H13N3O6S2. The van der Waals surface area contributed by atoms with E-state index in [9.17, 15) is 25.9 Å². The Bertz CT molecular complexity index is 1260.